The summed E-state index contributed by atoms with van der Waals surface area (Å²) in [5.41, 5.74) is 2.00. The van der Waals surface area contributed by atoms with E-state index in [9.17, 15) is 14.7 Å². The fraction of sp³-hybridized carbons (Fsp3) is 0.111. The molecule has 0 radical (unpaired) electrons. The Kier molecular flexibility index (Phi) is 6.01. The molecule has 0 aliphatic rings. The maximum absolute atomic E-state index is 11.5. The Balaban J connectivity index is 2.22. The van der Waals surface area contributed by atoms with Gasteiger partial charge in [-0.1, -0.05) is 53.5 Å². The number of carbonyl (C=O) groups excluding carboxylic acids is 2. The van der Waals surface area contributed by atoms with E-state index in [1.165, 1.54) is 0 Å². The molecule has 0 unspecified atom stereocenters. The average Bonchev–Trinajstić information content (AvgIpc) is 2.55. The van der Waals surface area contributed by atoms with Gasteiger partial charge in [0.2, 0.25) is 0 Å². The molecule has 0 aliphatic heterocycles. The Labute approximate surface area is 149 Å². The summed E-state index contributed by atoms with van der Waals surface area (Å²) in [6.07, 6.45) is 0.836. The molecule has 1 N–H and O–H groups in total. The lowest BCUT2D eigenvalue weighted by atomic mass is 10.0. The lowest BCUT2D eigenvalue weighted by Crippen LogP contribution is -2.15. The molecule has 0 atom stereocenters. The summed E-state index contributed by atoms with van der Waals surface area (Å²) in [5, 5.41) is 11.0. The predicted octanol–water partition coefficient (Wildman–Crippen LogP) is 4.69. The number of ketones is 1. The highest BCUT2D eigenvalue weighted by Crippen LogP contribution is 2.30. The van der Waals surface area contributed by atoms with Crippen molar-refractivity contribution in [1.29, 1.82) is 0 Å². The van der Waals surface area contributed by atoms with Crippen LogP contribution >= 0.6 is 23.2 Å². The molecule has 124 valence electrons. The normalized spacial score (nSPS) is 11.2. The summed E-state index contributed by atoms with van der Waals surface area (Å²) in [6.45, 7) is 1.69. The molecule has 0 spiro atoms. The van der Waals surface area contributed by atoms with E-state index in [4.69, 9.17) is 23.2 Å². The largest absolute Gasteiger partial charge is 0.507 e. The zero-order valence-corrected chi connectivity index (χ0v) is 14.3. The van der Waals surface area contributed by atoms with Crippen LogP contribution in [0.25, 0.3) is 16.9 Å². The number of aliphatic hydroxyl groups excluding tert-OH is 1. The molecule has 24 heavy (non-hydrogen) atoms. The van der Waals surface area contributed by atoms with E-state index in [1.807, 2.05) is 0 Å². The highest BCUT2D eigenvalue weighted by Gasteiger charge is 2.14. The van der Waals surface area contributed by atoms with Crippen molar-refractivity contribution in [3.8, 4) is 11.1 Å². The lowest BCUT2D eigenvalue weighted by Gasteiger charge is -2.06. The number of hydrogen-bond acceptors (Lipinski definition) is 4. The Morgan fingerprint density at radius 3 is 2.38 bits per heavy atom. The Morgan fingerprint density at radius 1 is 1.12 bits per heavy atom. The molecule has 2 aromatic rings. The molecule has 0 saturated heterocycles. The van der Waals surface area contributed by atoms with Crippen molar-refractivity contribution in [2.45, 2.75) is 6.92 Å². The summed E-state index contributed by atoms with van der Waals surface area (Å²) in [5.74, 6) is -2.24. The Hall–Kier alpha value is -2.30. The van der Waals surface area contributed by atoms with Gasteiger partial charge in [0.05, 0.1) is 6.61 Å². The first-order chi connectivity index (χ1) is 11.4. The van der Waals surface area contributed by atoms with E-state index < -0.39 is 11.8 Å². The van der Waals surface area contributed by atoms with Crippen LogP contribution in [0.1, 0.15) is 12.5 Å². The second-order valence-corrected chi connectivity index (χ2v) is 5.66. The lowest BCUT2D eigenvalue weighted by molar-refractivity contribution is -0.151. The fourth-order valence-electron chi connectivity index (χ4n) is 2.01. The Morgan fingerprint density at radius 2 is 1.79 bits per heavy atom. The van der Waals surface area contributed by atoms with Gasteiger partial charge in [-0.2, -0.15) is 0 Å². The summed E-state index contributed by atoms with van der Waals surface area (Å²) in [6, 6.07) is 11.9. The minimum absolute atomic E-state index is 0.0930. The molecule has 0 saturated carbocycles. The van der Waals surface area contributed by atoms with Gasteiger partial charge in [-0.3, -0.25) is 4.79 Å². The van der Waals surface area contributed by atoms with Crippen molar-refractivity contribution in [3.63, 3.8) is 0 Å². The molecule has 0 heterocycles. The molecule has 0 aromatic heterocycles. The number of rotatable bonds is 5. The monoisotopic (exact) mass is 364 g/mol. The van der Waals surface area contributed by atoms with Gasteiger partial charge in [0.1, 0.15) is 5.76 Å². The van der Waals surface area contributed by atoms with Crippen LogP contribution in [0.2, 0.25) is 10.0 Å². The topological polar surface area (TPSA) is 63.6 Å². The smallest absolute Gasteiger partial charge is 0.379 e. The van der Waals surface area contributed by atoms with Crippen molar-refractivity contribution < 1.29 is 19.4 Å². The maximum atomic E-state index is 11.5. The minimum Gasteiger partial charge on any atom is -0.507 e. The zero-order valence-electron chi connectivity index (χ0n) is 12.8. The quantitative estimate of drug-likeness (QED) is 0.361. The fourth-order valence-corrected chi connectivity index (χ4v) is 2.53. The van der Waals surface area contributed by atoms with E-state index in [0.29, 0.717) is 15.6 Å². The van der Waals surface area contributed by atoms with E-state index in [0.717, 1.165) is 17.2 Å². The first-order valence-electron chi connectivity index (χ1n) is 7.10. The van der Waals surface area contributed by atoms with E-state index in [2.05, 4.69) is 4.74 Å². The summed E-state index contributed by atoms with van der Waals surface area (Å²) < 4.78 is 4.57. The number of halogens is 2. The summed E-state index contributed by atoms with van der Waals surface area (Å²) in [7, 11) is 0. The van der Waals surface area contributed by atoms with Crippen LogP contribution in [-0.4, -0.2) is 23.5 Å². The van der Waals surface area contributed by atoms with E-state index in [-0.39, 0.29) is 12.4 Å². The van der Waals surface area contributed by atoms with Crippen LogP contribution in [0.3, 0.4) is 0 Å². The van der Waals surface area contributed by atoms with Crippen LogP contribution in [0.5, 0.6) is 0 Å². The summed E-state index contributed by atoms with van der Waals surface area (Å²) in [4.78, 5) is 22.8. The summed E-state index contributed by atoms with van der Waals surface area (Å²) >= 11 is 12.0. The van der Waals surface area contributed by atoms with E-state index in [1.54, 1.807) is 49.4 Å². The second kappa shape index (κ2) is 7.99. The van der Waals surface area contributed by atoms with Gasteiger partial charge in [-0.15, -0.1) is 0 Å². The third kappa shape index (κ3) is 4.37. The molecule has 2 rings (SSSR count). The molecular weight excluding hydrogens is 351 g/mol. The molecule has 6 heteroatoms. The first kappa shape index (κ1) is 18.0. The van der Waals surface area contributed by atoms with Crippen molar-refractivity contribution in [2.75, 3.05) is 6.61 Å². The molecule has 0 aliphatic carbocycles. The first-order valence-corrected chi connectivity index (χ1v) is 7.85. The number of aliphatic hydroxyl groups is 1. The van der Waals surface area contributed by atoms with Crippen molar-refractivity contribution >= 4 is 40.7 Å². The van der Waals surface area contributed by atoms with Gasteiger partial charge in [0, 0.05) is 27.2 Å². The van der Waals surface area contributed by atoms with Crippen LogP contribution in [0.15, 0.2) is 48.5 Å². The van der Waals surface area contributed by atoms with Crippen molar-refractivity contribution in [3.05, 3.63) is 64.1 Å². The van der Waals surface area contributed by atoms with Crippen LogP contribution in [0, 0.1) is 0 Å². The highest BCUT2D eigenvalue weighted by atomic mass is 35.5. The van der Waals surface area contributed by atoms with E-state index >= 15 is 0 Å². The van der Waals surface area contributed by atoms with Crippen LogP contribution in [-0.2, 0) is 14.3 Å². The molecule has 0 amide bonds. The van der Waals surface area contributed by atoms with Gasteiger partial charge in [-0.05, 0) is 24.6 Å². The highest BCUT2D eigenvalue weighted by molar-refractivity contribution is 6.39. The number of ether oxygens (including phenoxy) is 1. The predicted molar refractivity (Wildman–Crippen MR) is 94.1 cm³/mol. The van der Waals surface area contributed by atoms with Crippen LogP contribution < -0.4 is 0 Å². The molecule has 4 nitrogen and oxygen atoms in total. The van der Waals surface area contributed by atoms with Crippen molar-refractivity contribution in [2.24, 2.45) is 0 Å². The SMILES string of the molecule is CCOC(=O)C(=O)/C=C(\O)c1ccc(-c2ccc(Cl)cc2Cl)cc1. The third-order valence-corrected chi connectivity index (χ3v) is 3.72. The number of hydrogen-bond donors (Lipinski definition) is 1. The van der Waals surface area contributed by atoms with Gasteiger partial charge in [0.25, 0.3) is 5.78 Å². The number of carbonyl (C=O) groups is 2. The number of esters is 1. The van der Waals surface area contributed by atoms with Crippen molar-refractivity contribution in [1.82, 2.24) is 0 Å². The zero-order chi connectivity index (χ0) is 17.7. The van der Waals surface area contributed by atoms with Gasteiger partial charge >= 0.3 is 5.97 Å². The second-order valence-electron chi connectivity index (χ2n) is 4.82. The third-order valence-electron chi connectivity index (χ3n) is 3.17. The molecule has 0 bridgehead atoms. The van der Waals surface area contributed by atoms with Crippen LogP contribution in [0.4, 0.5) is 0 Å². The standard InChI is InChI=1S/C18H14Cl2O4/c1-2-24-18(23)17(22)10-16(21)12-5-3-11(4-6-12)14-8-7-13(19)9-15(14)20/h3-10,21H,2H2,1H3/b16-10-. The molecular formula is C18H14Cl2O4. The Bertz CT molecular complexity index is 795. The van der Waals surface area contributed by atoms with Gasteiger partial charge in [0.15, 0.2) is 0 Å². The minimum atomic E-state index is -1.01. The van der Waals surface area contributed by atoms with Gasteiger partial charge < -0.3 is 9.84 Å². The maximum Gasteiger partial charge on any atom is 0.379 e. The number of benzene rings is 2. The molecule has 2 aromatic carbocycles. The molecule has 0 fully saturated rings. The van der Waals surface area contributed by atoms with Gasteiger partial charge in [-0.25, -0.2) is 4.79 Å². The average molecular weight is 365 g/mol.